The summed E-state index contributed by atoms with van der Waals surface area (Å²) in [7, 11) is -3.21. The molecule has 1 amide bonds. The number of hydrogen-bond donors (Lipinski definition) is 2. The van der Waals surface area contributed by atoms with Gasteiger partial charge in [-0.25, -0.2) is 8.42 Å². The molecule has 3 rings (SSSR count). The van der Waals surface area contributed by atoms with E-state index >= 15 is 0 Å². The van der Waals surface area contributed by atoms with E-state index in [4.69, 9.17) is 0 Å². The van der Waals surface area contributed by atoms with Crippen molar-refractivity contribution in [2.45, 2.75) is 18.9 Å². The predicted molar refractivity (Wildman–Crippen MR) is 85.2 cm³/mol. The van der Waals surface area contributed by atoms with Crippen molar-refractivity contribution in [3.8, 4) is 0 Å². The molecule has 0 spiro atoms. The molecule has 22 heavy (non-hydrogen) atoms. The fourth-order valence-electron chi connectivity index (χ4n) is 2.96. The topological polar surface area (TPSA) is 82.3 Å². The summed E-state index contributed by atoms with van der Waals surface area (Å²) < 4.78 is 24.8. The standard InChI is InChI=1S/C15H19N3O3S/c1-22(20,21)18-8-2-3-13(18)10-17-15(19)12-4-5-14-11(9-12)6-7-16-14/h4-7,9,13,16H,2-3,8,10H2,1H3,(H,17,19)/t13-/m1/s1. The van der Waals surface area contributed by atoms with E-state index in [0.29, 0.717) is 18.7 Å². The third kappa shape index (κ3) is 3.00. The number of amides is 1. The highest BCUT2D eigenvalue weighted by Crippen LogP contribution is 2.20. The maximum atomic E-state index is 12.2. The molecule has 1 aromatic heterocycles. The van der Waals surface area contributed by atoms with Gasteiger partial charge in [-0.15, -0.1) is 0 Å². The Morgan fingerprint density at radius 3 is 3.00 bits per heavy atom. The van der Waals surface area contributed by atoms with Gasteiger partial charge < -0.3 is 10.3 Å². The molecule has 2 N–H and O–H groups in total. The predicted octanol–water partition coefficient (Wildman–Crippen LogP) is 1.32. The molecule has 1 atom stereocenters. The first kappa shape index (κ1) is 15.1. The van der Waals surface area contributed by atoms with Crippen LogP contribution in [0.1, 0.15) is 23.2 Å². The van der Waals surface area contributed by atoms with Crippen molar-refractivity contribution in [3.05, 3.63) is 36.0 Å². The van der Waals surface area contributed by atoms with Crippen LogP contribution in [0.2, 0.25) is 0 Å². The van der Waals surface area contributed by atoms with Crippen molar-refractivity contribution >= 4 is 26.8 Å². The Balaban J connectivity index is 1.67. The number of sulfonamides is 1. The van der Waals surface area contributed by atoms with Gasteiger partial charge in [0.1, 0.15) is 0 Å². The SMILES string of the molecule is CS(=O)(=O)N1CCC[C@@H]1CNC(=O)c1ccc2[nH]ccc2c1. The molecule has 2 heterocycles. The molecule has 7 heteroatoms. The van der Waals surface area contributed by atoms with E-state index in [9.17, 15) is 13.2 Å². The molecular weight excluding hydrogens is 302 g/mol. The molecule has 1 fully saturated rings. The molecule has 0 aliphatic carbocycles. The van der Waals surface area contributed by atoms with Crippen LogP contribution in [0.25, 0.3) is 10.9 Å². The molecule has 1 aliphatic heterocycles. The van der Waals surface area contributed by atoms with E-state index in [1.807, 2.05) is 24.4 Å². The number of nitrogens with one attached hydrogen (secondary N) is 2. The van der Waals surface area contributed by atoms with Crippen molar-refractivity contribution < 1.29 is 13.2 Å². The monoisotopic (exact) mass is 321 g/mol. The van der Waals surface area contributed by atoms with E-state index < -0.39 is 10.0 Å². The van der Waals surface area contributed by atoms with Gasteiger partial charge >= 0.3 is 0 Å². The summed E-state index contributed by atoms with van der Waals surface area (Å²) in [4.78, 5) is 15.3. The minimum atomic E-state index is -3.21. The van der Waals surface area contributed by atoms with Crippen LogP contribution in [0.3, 0.4) is 0 Å². The van der Waals surface area contributed by atoms with Crippen molar-refractivity contribution in [3.63, 3.8) is 0 Å². The number of rotatable bonds is 4. The number of aromatic amines is 1. The fourth-order valence-corrected chi connectivity index (χ4v) is 4.14. The van der Waals surface area contributed by atoms with Crippen LogP contribution in [0.5, 0.6) is 0 Å². The minimum Gasteiger partial charge on any atom is -0.361 e. The Labute approximate surface area is 129 Å². The van der Waals surface area contributed by atoms with Crippen LogP contribution < -0.4 is 5.32 Å². The normalized spacial score (nSPS) is 19.6. The largest absolute Gasteiger partial charge is 0.361 e. The summed E-state index contributed by atoms with van der Waals surface area (Å²) in [5.74, 6) is -0.177. The van der Waals surface area contributed by atoms with Crippen molar-refractivity contribution in [2.24, 2.45) is 0 Å². The Bertz CT molecular complexity index is 797. The van der Waals surface area contributed by atoms with Gasteiger partial charge in [0.2, 0.25) is 10.0 Å². The molecule has 6 nitrogen and oxygen atoms in total. The summed E-state index contributed by atoms with van der Waals surface area (Å²) in [6.45, 7) is 0.881. The van der Waals surface area contributed by atoms with Gasteiger partial charge in [-0.05, 0) is 37.1 Å². The first-order valence-electron chi connectivity index (χ1n) is 7.27. The number of hydrogen-bond acceptors (Lipinski definition) is 3. The molecule has 118 valence electrons. The molecule has 0 saturated carbocycles. The summed E-state index contributed by atoms with van der Waals surface area (Å²) in [6.07, 6.45) is 4.66. The van der Waals surface area contributed by atoms with Gasteiger partial charge in [0.25, 0.3) is 5.91 Å². The number of H-pyrrole nitrogens is 1. The highest BCUT2D eigenvalue weighted by Gasteiger charge is 2.31. The highest BCUT2D eigenvalue weighted by atomic mass is 32.2. The molecule has 1 aromatic carbocycles. The van der Waals surface area contributed by atoms with Gasteiger partial charge in [0.05, 0.1) is 6.26 Å². The van der Waals surface area contributed by atoms with Crippen LogP contribution >= 0.6 is 0 Å². The summed E-state index contributed by atoms with van der Waals surface area (Å²) in [5, 5.41) is 3.82. The van der Waals surface area contributed by atoms with E-state index in [2.05, 4.69) is 10.3 Å². The van der Waals surface area contributed by atoms with E-state index in [1.165, 1.54) is 10.6 Å². The van der Waals surface area contributed by atoms with E-state index in [0.717, 1.165) is 23.7 Å². The lowest BCUT2D eigenvalue weighted by Crippen LogP contribution is -2.42. The zero-order chi connectivity index (χ0) is 15.7. The third-order valence-electron chi connectivity index (χ3n) is 4.06. The second-order valence-electron chi connectivity index (χ2n) is 5.66. The van der Waals surface area contributed by atoms with Gasteiger partial charge in [0.15, 0.2) is 0 Å². The number of fused-ring (bicyclic) bond motifs is 1. The van der Waals surface area contributed by atoms with Crippen molar-refractivity contribution in [1.82, 2.24) is 14.6 Å². The number of aromatic nitrogens is 1. The Hall–Kier alpha value is -1.86. The van der Waals surface area contributed by atoms with E-state index in [1.54, 1.807) is 6.07 Å². The molecule has 1 aliphatic rings. The van der Waals surface area contributed by atoms with Gasteiger partial charge in [-0.1, -0.05) is 0 Å². The zero-order valence-electron chi connectivity index (χ0n) is 12.4. The van der Waals surface area contributed by atoms with Gasteiger partial charge in [-0.3, -0.25) is 4.79 Å². The summed E-state index contributed by atoms with van der Waals surface area (Å²) in [5.41, 5.74) is 1.56. The molecule has 0 unspecified atom stereocenters. The lowest BCUT2D eigenvalue weighted by Gasteiger charge is -2.22. The Kier molecular flexibility index (Phi) is 3.92. The quantitative estimate of drug-likeness (QED) is 0.891. The van der Waals surface area contributed by atoms with Gasteiger partial charge in [-0.2, -0.15) is 4.31 Å². The number of carbonyl (C=O) groups is 1. The lowest BCUT2D eigenvalue weighted by atomic mass is 10.1. The van der Waals surface area contributed by atoms with Gasteiger partial charge in [0, 0.05) is 41.8 Å². The first-order chi connectivity index (χ1) is 10.4. The zero-order valence-corrected chi connectivity index (χ0v) is 13.2. The number of benzene rings is 1. The summed E-state index contributed by atoms with van der Waals surface area (Å²) in [6, 6.07) is 7.22. The Morgan fingerprint density at radius 2 is 2.23 bits per heavy atom. The van der Waals surface area contributed by atoms with Crippen molar-refractivity contribution in [2.75, 3.05) is 19.3 Å². The second-order valence-corrected chi connectivity index (χ2v) is 7.59. The molecule has 2 aromatic rings. The Morgan fingerprint density at radius 1 is 1.41 bits per heavy atom. The smallest absolute Gasteiger partial charge is 0.251 e. The first-order valence-corrected chi connectivity index (χ1v) is 9.12. The maximum absolute atomic E-state index is 12.2. The summed E-state index contributed by atoms with van der Waals surface area (Å²) >= 11 is 0. The molecule has 0 bridgehead atoms. The van der Waals surface area contributed by atoms with E-state index in [-0.39, 0.29) is 11.9 Å². The molecular formula is C15H19N3O3S. The average molecular weight is 321 g/mol. The number of nitrogens with zero attached hydrogens (tertiary/aromatic N) is 1. The third-order valence-corrected chi connectivity index (χ3v) is 5.40. The van der Waals surface area contributed by atoms with Crippen LogP contribution in [0.15, 0.2) is 30.5 Å². The van der Waals surface area contributed by atoms with Crippen LogP contribution in [0.4, 0.5) is 0 Å². The second kappa shape index (κ2) is 5.73. The fraction of sp³-hybridized carbons (Fsp3) is 0.400. The minimum absolute atomic E-state index is 0.144. The lowest BCUT2D eigenvalue weighted by molar-refractivity contribution is 0.0947. The van der Waals surface area contributed by atoms with Crippen LogP contribution in [-0.2, 0) is 10.0 Å². The average Bonchev–Trinajstić information content (AvgIpc) is 3.11. The highest BCUT2D eigenvalue weighted by molar-refractivity contribution is 7.88. The number of carbonyl (C=O) groups excluding carboxylic acids is 1. The molecule has 1 saturated heterocycles. The van der Waals surface area contributed by atoms with Crippen molar-refractivity contribution in [1.29, 1.82) is 0 Å². The maximum Gasteiger partial charge on any atom is 0.251 e. The van der Waals surface area contributed by atoms with Crippen LogP contribution in [-0.4, -0.2) is 49.0 Å². The molecule has 0 radical (unpaired) electrons. The van der Waals surface area contributed by atoms with Crippen LogP contribution in [0, 0.1) is 0 Å².